The molecule has 1 aliphatic carbocycles. The molecule has 16 heavy (non-hydrogen) atoms. The Kier molecular flexibility index (Phi) is 11.1. The van der Waals surface area contributed by atoms with Crippen LogP contribution in [0.5, 0.6) is 0 Å². The second-order valence-electron chi connectivity index (χ2n) is 4.95. The first-order valence-electron chi connectivity index (χ1n) is 7.06. The molecular weight excluding hydrogens is 196 g/mol. The van der Waals surface area contributed by atoms with Crippen LogP contribution in [-0.4, -0.2) is 5.78 Å². The molecule has 1 aliphatic rings. The van der Waals surface area contributed by atoms with Crippen LogP contribution in [0.4, 0.5) is 0 Å². The molecule has 0 unspecified atom stereocenters. The van der Waals surface area contributed by atoms with Crippen LogP contribution in [0.2, 0.25) is 0 Å². The van der Waals surface area contributed by atoms with E-state index >= 15 is 0 Å². The van der Waals surface area contributed by atoms with Crippen molar-refractivity contribution in [1.82, 2.24) is 0 Å². The Bertz CT molecular complexity index is 159. The number of ketones is 1. The molecule has 1 rings (SSSR count). The van der Waals surface area contributed by atoms with Gasteiger partial charge in [-0.2, -0.15) is 0 Å². The van der Waals surface area contributed by atoms with Crippen LogP contribution >= 0.6 is 0 Å². The van der Waals surface area contributed by atoms with Crippen LogP contribution in [0.1, 0.15) is 80.6 Å². The third kappa shape index (κ3) is 7.03. The molecule has 1 fully saturated rings. The van der Waals surface area contributed by atoms with Crippen LogP contribution in [0.15, 0.2) is 0 Å². The lowest BCUT2D eigenvalue weighted by molar-refractivity contribution is -0.131. The molecule has 0 saturated heterocycles. The standard InChI is InChI=1S/C11H20O.2C2H6/c1-11(2,3)10(12)9-7-5-4-6-8-9;2*1-2/h9H,4-8H2,1-3H3;2*1-2H3. The van der Waals surface area contributed by atoms with E-state index in [9.17, 15) is 4.79 Å². The third-order valence-corrected chi connectivity index (χ3v) is 2.72. The van der Waals surface area contributed by atoms with Gasteiger partial charge in [0.1, 0.15) is 5.78 Å². The zero-order valence-corrected chi connectivity index (χ0v) is 12.5. The van der Waals surface area contributed by atoms with Crippen LogP contribution in [-0.2, 0) is 4.79 Å². The lowest BCUT2D eigenvalue weighted by Gasteiger charge is -2.27. The molecule has 0 bridgehead atoms. The van der Waals surface area contributed by atoms with Crippen molar-refractivity contribution in [2.75, 3.05) is 0 Å². The fourth-order valence-electron chi connectivity index (χ4n) is 1.98. The van der Waals surface area contributed by atoms with E-state index in [0.717, 1.165) is 12.8 Å². The summed E-state index contributed by atoms with van der Waals surface area (Å²) in [6.07, 6.45) is 6.11. The SMILES string of the molecule is CC.CC.CC(C)(C)C(=O)C1CCCCC1. The van der Waals surface area contributed by atoms with Gasteiger partial charge < -0.3 is 0 Å². The van der Waals surface area contributed by atoms with Crippen LogP contribution < -0.4 is 0 Å². The highest BCUT2D eigenvalue weighted by Gasteiger charge is 2.29. The summed E-state index contributed by atoms with van der Waals surface area (Å²) in [6.45, 7) is 14.1. The predicted molar refractivity (Wildman–Crippen MR) is 73.7 cm³/mol. The van der Waals surface area contributed by atoms with Crippen LogP contribution in [0, 0.1) is 11.3 Å². The molecule has 0 atom stereocenters. The summed E-state index contributed by atoms with van der Waals surface area (Å²) in [5, 5.41) is 0. The highest BCUT2D eigenvalue weighted by Crippen LogP contribution is 2.30. The van der Waals surface area contributed by atoms with Crippen molar-refractivity contribution in [3.05, 3.63) is 0 Å². The van der Waals surface area contributed by atoms with Gasteiger partial charge in [0.15, 0.2) is 0 Å². The normalized spacial score (nSPS) is 16.4. The molecule has 0 aromatic rings. The smallest absolute Gasteiger partial charge is 0.141 e. The van der Waals surface area contributed by atoms with E-state index in [-0.39, 0.29) is 5.41 Å². The first-order chi connectivity index (χ1) is 7.52. The Labute approximate surface area is 103 Å². The molecular formula is C15H32O. The Morgan fingerprint density at radius 1 is 0.875 bits per heavy atom. The molecule has 0 aliphatic heterocycles. The maximum absolute atomic E-state index is 11.8. The molecule has 0 aromatic heterocycles. The second kappa shape index (κ2) is 9.86. The van der Waals surface area contributed by atoms with Crippen LogP contribution in [0.25, 0.3) is 0 Å². The van der Waals surface area contributed by atoms with Crippen molar-refractivity contribution in [3.8, 4) is 0 Å². The lowest BCUT2D eigenvalue weighted by Crippen LogP contribution is -2.29. The highest BCUT2D eigenvalue weighted by atomic mass is 16.1. The fraction of sp³-hybridized carbons (Fsp3) is 0.933. The summed E-state index contributed by atoms with van der Waals surface area (Å²) >= 11 is 0. The number of hydrogen-bond donors (Lipinski definition) is 0. The quantitative estimate of drug-likeness (QED) is 0.600. The molecule has 0 spiro atoms. The monoisotopic (exact) mass is 228 g/mol. The Balaban J connectivity index is 0. The summed E-state index contributed by atoms with van der Waals surface area (Å²) in [4.78, 5) is 11.8. The van der Waals surface area contributed by atoms with Gasteiger partial charge in [-0.25, -0.2) is 0 Å². The molecule has 98 valence electrons. The molecule has 0 N–H and O–H groups in total. The molecule has 0 amide bonds. The largest absolute Gasteiger partial charge is 0.299 e. The Hall–Kier alpha value is -0.330. The van der Waals surface area contributed by atoms with Gasteiger partial charge in [0.05, 0.1) is 0 Å². The molecule has 1 saturated carbocycles. The van der Waals surface area contributed by atoms with Gasteiger partial charge in [0.25, 0.3) is 0 Å². The number of carbonyl (C=O) groups is 1. The van der Waals surface area contributed by atoms with Crippen molar-refractivity contribution in [3.63, 3.8) is 0 Å². The molecule has 0 heterocycles. The zero-order chi connectivity index (χ0) is 13.2. The fourth-order valence-corrected chi connectivity index (χ4v) is 1.98. The van der Waals surface area contributed by atoms with Crippen molar-refractivity contribution < 1.29 is 4.79 Å². The minimum absolute atomic E-state index is 0.123. The lowest BCUT2D eigenvalue weighted by atomic mass is 9.76. The summed E-state index contributed by atoms with van der Waals surface area (Å²) < 4.78 is 0. The van der Waals surface area contributed by atoms with E-state index in [2.05, 4.69) is 0 Å². The van der Waals surface area contributed by atoms with Crippen molar-refractivity contribution in [2.24, 2.45) is 11.3 Å². The average Bonchev–Trinajstić information content (AvgIpc) is 2.33. The summed E-state index contributed by atoms with van der Waals surface area (Å²) in [6, 6.07) is 0. The number of carbonyl (C=O) groups excluding carboxylic acids is 1. The van der Waals surface area contributed by atoms with E-state index in [0.29, 0.717) is 11.7 Å². The number of hydrogen-bond acceptors (Lipinski definition) is 1. The maximum Gasteiger partial charge on any atom is 0.141 e. The molecule has 0 aromatic carbocycles. The third-order valence-electron chi connectivity index (χ3n) is 2.72. The van der Waals surface area contributed by atoms with E-state index < -0.39 is 0 Å². The zero-order valence-electron chi connectivity index (χ0n) is 12.5. The van der Waals surface area contributed by atoms with Crippen LogP contribution in [0.3, 0.4) is 0 Å². The second-order valence-corrected chi connectivity index (χ2v) is 4.95. The molecule has 1 heteroatoms. The van der Waals surface area contributed by atoms with Gasteiger partial charge >= 0.3 is 0 Å². The molecule has 1 nitrogen and oxygen atoms in total. The average molecular weight is 228 g/mol. The van der Waals surface area contributed by atoms with Crippen molar-refractivity contribution in [1.29, 1.82) is 0 Å². The van der Waals surface area contributed by atoms with Gasteiger partial charge in [0, 0.05) is 11.3 Å². The first-order valence-corrected chi connectivity index (χ1v) is 7.06. The van der Waals surface area contributed by atoms with Crippen molar-refractivity contribution >= 4 is 5.78 Å². The van der Waals surface area contributed by atoms with Gasteiger partial charge in [-0.1, -0.05) is 67.7 Å². The number of rotatable bonds is 1. The predicted octanol–water partition coefficient (Wildman–Crippen LogP) is 5.23. The summed E-state index contributed by atoms with van der Waals surface area (Å²) in [7, 11) is 0. The van der Waals surface area contributed by atoms with Gasteiger partial charge in [-0.3, -0.25) is 4.79 Å². The van der Waals surface area contributed by atoms with Crippen molar-refractivity contribution in [2.45, 2.75) is 80.6 Å². The Morgan fingerprint density at radius 3 is 1.56 bits per heavy atom. The summed E-state index contributed by atoms with van der Waals surface area (Å²) in [5.41, 5.74) is -0.123. The van der Waals surface area contributed by atoms with E-state index in [4.69, 9.17) is 0 Å². The minimum atomic E-state index is -0.123. The molecule has 0 radical (unpaired) electrons. The summed E-state index contributed by atoms with van der Waals surface area (Å²) in [5.74, 6) is 0.848. The van der Waals surface area contributed by atoms with E-state index in [1.165, 1.54) is 19.3 Å². The first kappa shape index (κ1) is 18.0. The van der Waals surface area contributed by atoms with E-state index in [1.807, 2.05) is 48.5 Å². The number of Topliss-reactive ketones (excluding diaryl/α,β-unsaturated/α-hetero) is 1. The van der Waals surface area contributed by atoms with Gasteiger partial charge in [-0.05, 0) is 12.8 Å². The maximum atomic E-state index is 11.8. The topological polar surface area (TPSA) is 17.1 Å². The van der Waals surface area contributed by atoms with Gasteiger partial charge in [0.2, 0.25) is 0 Å². The van der Waals surface area contributed by atoms with E-state index in [1.54, 1.807) is 0 Å². The minimum Gasteiger partial charge on any atom is -0.299 e. The van der Waals surface area contributed by atoms with Gasteiger partial charge in [-0.15, -0.1) is 0 Å². The Morgan fingerprint density at radius 2 is 1.25 bits per heavy atom. The highest BCUT2D eigenvalue weighted by molar-refractivity contribution is 5.85.